The third kappa shape index (κ3) is 8.62. The summed E-state index contributed by atoms with van der Waals surface area (Å²) in [6, 6.07) is 54.3. The van der Waals surface area contributed by atoms with Crippen LogP contribution >= 0.6 is 0 Å². The Labute approximate surface area is 309 Å². The quantitative estimate of drug-likeness (QED) is 0.128. The van der Waals surface area contributed by atoms with Crippen LogP contribution < -0.4 is 4.57 Å². The first kappa shape index (κ1) is 35.9. The smallest absolute Gasteiger partial charge is 0.115 e. The van der Waals surface area contributed by atoms with E-state index >= 15 is 0 Å². The zero-order valence-corrected chi connectivity index (χ0v) is 30.9. The number of pyridine rings is 3. The van der Waals surface area contributed by atoms with Gasteiger partial charge in [0.1, 0.15) is 5.69 Å². The van der Waals surface area contributed by atoms with Crippen molar-refractivity contribution in [3.63, 3.8) is 0 Å². The maximum absolute atomic E-state index is 4.61. The molecule has 0 aliphatic rings. The first-order valence-electron chi connectivity index (χ1n) is 16.5. The molecule has 4 aromatic heterocycles. The summed E-state index contributed by atoms with van der Waals surface area (Å²) in [4.78, 5) is 8.82. The van der Waals surface area contributed by atoms with Gasteiger partial charge in [-0.15, -0.1) is 90.0 Å². The molecule has 0 N–H and O–H groups in total. The first-order valence-corrected chi connectivity index (χ1v) is 16.5. The standard InChI is InChI=1S/C22H21N2.C12H10N.C11H8N.Ir/c1-15(2)14-24-21-10-5-4-7-17(21)18-8-6-9-19(22(18)24)20-13-16(3)11-12-23-20;1-13-10-6-5-9-12(13)11-7-3-2-4-8-11;1-2-6-10(7-3-1)11-8-4-5-9-12-11;/h4-8,10-13,15H,14H2,1-3H3;2-7,9-10H,1H2;1-6,8-9H;/q3*-1;. The maximum Gasteiger partial charge on any atom is 0.115 e. The van der Waals surface area contributed by atoms with Crippen LogP contribution in [0, 0.1) is 38.1 Å². The van der Waals surface area contributed by atoms with E-state index in [0.29, 0.717) is 5.92 Å². The van der Waals surface area contributed by atoms with Crippen LogP contribution in [0.25, 0.3) is 55.6 Å². The van der Waals surface area contributed by atoms with Crippen LogP contribution in [0.4, 0.5) is 0 Å². The van der Waals surface area contributed by atoms with Crippen molar-refractivity contribution in [3.8, 4) is 33.8 Å². The molecule has 0 spiro atoms. The predicted octanol–water partition coefficient (Wildman–Crippen LogP) is 10.2. The zero-order valence-electron chi connectivity index (χ0n) is 28.5. The average Bonchev–Trinajstić information content (AvgIpc) is 3.46. The molecular weight excluding hydrogens is 789 g/mol. The van der Waals surface area contributed by atoms with Gasteiger partial charge >= 0.3 is 0 Å². The molecule has 5 heteroatoms. The summed E-state index contributed by atoms with van der Waals surface area (Å²) in [6.07, 6.45) is 5.60. The Morgan fingerprint density at radius 3 is 2.06 bits per heavy atom. The van der Waals surface area contributed by atoms with Crippen LogP contribution in [-0.4, -0.2) is 14.5 Å². The number of hydrogen-bond acceptors (Lipinski definition) is 2. The average molecular weight is 828 g/mol. The van der Waals surface area contributed by atoms with Gasteiger partial charge in [0.05, 0.1) is 6.20 Å². The number of aromatic nitrogens is 4. The molecular formula is C45H39IrN4-3. The number of rotatable bonds is 5. The molecule has 0 aliphatic carbocycles. The molecule has 8 rings (SSSR count). The Kier molecular flexibility index (Phi) is 12.5. The third-order valence-electron chi connectivity index (χ3n) is 8.02. The molecule has 4 nitrogen and oxygen atoms in total. The van der Waals surface area contributed by atoms with Crippen LogP contribution in [0.5, 0.6) is 0 Å². The zero-order chi connectivity index (χ0) is 34.0. The number of fused-ring (bicyclic) bond motifs is 3. The Balaban J connectivity index is 0.000000158. The van der Waals surface area contributed by atoms with E-state index in [-0.39, 0.29) is 20.1 Å². The number of benzene rings is 4. The second kappa shape index (κ2) is 17.3. The molecule has 0 aliphatic heterocycles. The predicted molar refractivity (Wildman–Crippen MR) is 201 cm³/mol. The maximum atomic E-state index is 4.61. The molecule has 1 radical (unpaired) electrons. The van der Waals surface area contributed by atoms with Gasteiger partial charge in [-0.25, -0.2) is 0 Å². The van der Waals surface area contributed by atoms with Gasteiger partial charge in [0.2, 0.25) is 0 Å². The van der Waals surface area contributed by atoms with Gasteiger partial charge in [0.25, 0.3) is 0 Å². The van der Waals surface area contributed by atoms with Gasteiger partial charge in [-0.1, -0.05) is 78.9 Å². The molecule has 0 amide bonds. The summed E-state index contributed by atoms with van der Waals surface area (Å²) in [5, 5.41) is 2.58. The van der Waals surface area contributed by atoms with Gasteiger partial charge in [0, 0.05) is 51.6 Å². The minimum Gasteiger partial charge on any atom is -0.380 e. The molecule has 0 atom stereocenters. The van der Waals surface area contributed by atoms with Crippen molar-refractivity contribution in [2.45, 2.75) is 27.3 Å². The monoisotopic (exact) mass is 828 g/mol. The second-order valence-corrected chi connectivity index (χ2v) is 12.2. The molecule has 4 heterocycles. The molecule has 4 aromatic carbocycles. The summed E-state index contributed by atoms with van der Waals surface area (Å²) in [5.41, 5.74) is 9.98. The largest absolute Gasteiger partial charge is 0.380 e. The fraction of sp³-hybridized carbons (Fsp3) is 0.111. The van der Waals surface area contributed by atoms with Crippen molar-refractivity contribution < 1.29 is 24.7 Å². The summed E-state index contributed by atoms with van der Waals surface area (Å²) >= 11 is 0. The molecule has 0 fully saturated rings. The van der Waals surface area contributed by atoms with Crippen LogP contribution in [-0.2, 0) is 26.7 Å². The molecule has 0 saturated carbocycles. The number of aryl methyl sites for hydroxylation is 1. The van der Waals surface area contributed by atoms with E-state index in [2.05, 4.69) is 97.0 Å². The molecule has 8 aromatic rings. The Morgan fingerprint density at radius 2 is 1.38 bits per heavy atom. The topological polar surface area (TPSA) is 34.6 Å². The molecule has 0 saturated heterocycles. The van der Waals surface area contributed by atoms with Crippen molar-refractivity contribution in [2.75, 3.05) is 0 Å². The molecule has 251 valence electrons. The van der Waals surface area contributed by atoms with Crippen molar-refractivity contribution in [1.82, 2.24) is 14.5 Å². The van der Waals surface area contributed by atoms with E-state index < -0.39 is 0 Å². The van der Waals surface area contributed by atoms with Gasteiger partial charge in [-0.3, -0.25) is 0 Å². The van der Waals surface area contributed by atoms with E-state index in [4.69, 9.17) is 0 Å². The minimum absolute atomic E-state index is 0. The van der Waals surface area contributed by atoms with E-state index in [1.165, 1.54) is 27.4 Å². The molecule has 0 bridgehead atoms. The summed E-state index contributed by atoms with van der Waals surface area (Å²) in [7, 11) is 3.89. The normalized spacial score (nSPS) is 10.5. The second-order valence-electron chi connectivity index (χ2n) is 12.2. The van der Waals surface area contributed by atoms with Gasteiger partial charge in [0.15, 0.2) is 0 Å². The van der Waals surface area contributed by atoms with Crippen LogP contribution in [0.3, 0.4) is 0 Å². The van der Waals surface area contributed by atoms with Crippen LogP contribution in [0.15, 0.2) is 152 Å². The SMILES string of the molecule is Cc1ccnc(-c2[c-]ccc3c4ccccc4n(CC(C)C)c23)c1.[CH2-][n+]1ccccc1-c1[c-]cccc1.[Ir].[c-]1ccccc1-c1ccccn1. The van der Waals surface area contributed by atoms with E-state index in [1.54, 1.807) is 6.20 Å². The summed E-state index contributed by atoms with van der Waals surface area (Å²) in [6.45, 7) is 7.62. The van der Waals surface area contributed by atoms with Gasteiger partial charge in [-0.2, -0.15) is 0 Å². The van der Waals surface area contributed by atoms with Crippen LogP contribution in [0.1, 0.15) is 19.4 Å². The van der Waals surface area contributed by atoms with E-state index in [0.717, 1.165) is 40.3 Å². The first-order chi connectivity index (χ1) is 24.0. The van der Waals surface area contributed by atoms with Crippen molar-refractivity contribution >= 4 is 21.8 Å². The van der Waals surface area contributed by atoms with Crippen molar-refractivity contribution in [1.29, 1.82) is 0 Å². The molecule has 0 unspecified atom stereocenters. The van der Waals surface area contributed by atoms with Crippen molar-refractivity contribution in [3.05, 3.63) is 183 Å². The fourth-order valence-electron chi connectivity index (χ4n) is 5.82. The van der Waals surface area contributed by atoms with Crippen molar-refractivity contribution in [2.24, 2.45) is 5.92 Å². The van der Waals surface area contributed by atoms with E-state index in [1.807, 2.05) is 114 Å². The van der Waals surface area contributed by atoms with Crippen LogP contribution in [0.2, 0.25) is 0 Å². The number of hydrogen-bond donors (Lipinski definition) is 0. The fourth-order valence-corrected chi connectivity index (χ4v) is 5.82. The van der Waals surface area contributed by atoms with E-state index in [9.17, 15) is 0 Å². The summed E-state index contributed by atoms with van der Waals surface area (Å²) < 4.78 is 4.27. The van der Waals surface area contributed by atoms with Gasteiger partial charge < -0.3 is 19.1 Å². The number of nitrogens with zero attached hydrogens (tertiary/aromatic N) is 4. The number of para-hydroxylation sites is 1. The Morgan fingerprint density at radius 1 is 0.680 bits per heavy atom. The third-order valence-corrected chi connectivity index (χ3v) is 8.02. The Bertz CT molecular complexity index is 2210. The summed E-state index contributed by atoms with van der Waals surface area (Å²) in [5.74, 6) is 0.572. The molecule has 50 heavy (non-hydrogen) atoms. The van der Waals surface area contributed by atoms with Gasteiger partial charge in [-0.05, 0) is 59.4 Å². The minimum atomic E-state index is 0. The Hall–Kier alpha value is -5.35.